The molecule has 7 heteroatoms. The first kappa shape index (κ1) is 39.0. The van der Waals surface area contributed by atoms with Crippen molar-refractivity contribution in [1.29, 1.82) is 0 Å². The van der Waals surface area contributed by atoms with Crippen LogP contribution in [0.15, 0.2) is 182 Å². The quantitative estimate of drug-likeness (QED) is 0.141. The predicted molar refractivity (Wildman–Crippen MR) is 197 cm³/mol. The van der Waals surface area contributed by atoms with E-state index in [1.807, 2.05) is 0 Å². The minimum absolute atomic E-state index is 0. The van der Waals surface area contributed by atoms with Gasteiger partial charge in [-0.05, 0) is 47.7 Å². The Hall–Kier alpha value is -4.22. The number of hydrogen-bond donors (Lipinski definition) is 2. The molecule has 0 amide bonds. The van der Waals surface area contributed by atoms with E-state index in [1.165, 1.54) is 31.8 Å². The summed E-state index contributed by atoms with van der Waals surface area (Å²) in [6.45, 7) is 2.17. The van der Waals surface area contributed by atoms with E-state index in [9.17, 15) is 0 Å². The standard InChI is InChI=1S/2C18H15P.2C2H4O2.Pd/c2*1-4-10-16(11-5-1)19(17-12-6-2-7-13-17)18-14-8-3-9-15-18;2*1-2(3)4;/h2*1-15H;2*1H3,(H,3,4);. The van der Waals surface area contributed by atoms with Crippen LogP contribution < -0.4 is 31.8 Å². The molecule has 0 unspecified atom stereocenters. The third-order valence-corrected chi connectivity index (χ3v) is 11.0. The maximum Gasteiger partial charge on any atom is 0.300 e. The van der Waals surface area contributed by atoms with E-state index in [1.54, 1.807) is 0 Å². The molecule has 4 nitrogen and oxygen atoms in total. The third-order valence-electron chi connectivity index (χ3n) is 6.09. The Morgan fingerprint density at radius 2 is 0.447 bits per heavy atom. The first-order valence-corrected chi connectivity index (χ1v) is 17.3. The van der Waals surface area contributed by atoms with Crippen LogP contribution in [0.4, 0.5) is 0 Å². The summed E-state index contributed by atoms with van der Waals surface area (Å²) in [5.74, 6) is -1.67. The molecule has 0 fully saturated rings. The van der Waals surface area contributed by atoms with Crippen molar-refractivity contribution in [3.05, 3.63) is 182 Å². The Balaban J connectivity index is 0.000000262. The number of aliphatic carboxylic acids is 2. The molecule has 6 rings (SSSR count). The Morgan fingerprint density at radius 1 is 0.340 bits per heavy atom. The zero-order valence-corrected chi connectivity index (χ0v) is 29.6. The van der Waals surface area contributed by atoms with Gasteiger partial charge in [0.2, 0.25) is 0 Å². The van der Waals surface area contributed by atoms with Gasteiger partial charge in [0.05, 0.1) is 0 Å². The summed E-state index contributed by atoms with van der Waals surface area (Å²) in [5, 5.41) is 23.2. The average Bonchev–Trinajstić information content (AvgIpc) is 3.08. The molecule has 0 aliphatic carbocycles. The number of rotatable bonds is 6. The molecule has 0 spiro atoms. The number of hydrogen-bond acceptors (Lipinski definition) is 2. The summed E-state index contributed by atoms with van der Waals surface area (Å²) in [5.41, 5.74) is 0. The van der Waals surface area contributed by atoms with Crippen LogP contribution in [0.1, 0.15) is 13.8 Å². The molecular weight excluding hydrogens is 713 g/mol. The van der Waals surface area contributed by atoms with Crippen LogP contribution in [-0.2, 0) is 30.0 Å². The maximum absolute atomic E-state index is 9.00. The topological polar surface area (TPSA) is 74.6 Å². The summed E-state index contributed by atoms with van der Waals surface area (Å²) in [6, 6.07) is 64.7. The van der Waals surface area contributed by atoms with Crippen LogP contribution >= 0.6 is 15.8 Å². The Labute approximate surface area is 294 Å². The van der Waals surface area contributed by atoms with Gasteiger partial charge in [-0.1, -0.05) is 182 Å². The molecule has 0 aromatic heterocycles. The zero-order chi connectivity index (χ0) is 33.0. The molecule has 242 valence electrons. The molecule has 0 bridgehead atoms. The Morgan fingerprint density at radius 3 is 0.553 bits per heavy atom. The third kappa shape index (κ3) is 14.4. The van der Waals surface area contributed by atoms with Crippen molar-refractivity contribution in [3.8, 4) is 0 Å². The van der Waals surface area contributed by atoms with Crippen molar-refractivity contribution in [2.45, 2.75) is 13.8 Å². The van der Waals surface area contributed by atoms with Crippen molar-refractivity contribution in [2.75, 3.05) is 0 Å². The fourth-order valence-corrected chi connectivity index (χ4v) is 8.97. The average molecular weight is 751 g/mol. The molecule has 0 saturated carbocycles. The SMILES string of the molecule is CC(=O)O.CC(=O)O.[Pd].c1ccc(P(c2ccccc2)c2ccccc2)cc1.c1ccc(P(c2ccccc2)c2ccccc2)cc1. The largest absolute Gasteiger partial charge is 0.481 e. The monoisotopic (exact) mass is 750 g/mol. The summed E-state index contributed by atoms with van der Waals surface area (Å²) in [6.07, 6.45) is 0. The summed E-state index contributed by atoms with van der Waals surface area (Å²) in [7, 11) is -0.892. The first-order chi connectivity index (χ1) is 22.4. The normalized spacial score (nSPS) is 9.62. The molecule has 0 atom stereocenters. The fourth-order valence-electron chi connectivity index (χ4n) is 4.36. The van der Waals surface area contributed by atoms with E-state index in [0.29, 0.717) is 0 Å². The van der Waals surface area contributed by atoms with Crippen LogP contribution in [0.3, 0.4) is 0 Å². The summed E-state index contributed by atoms with van der Waals surface area (Å²) >= 11 is 0. The molecule has 0 heterocycles. The molecular formula is C40H38O4P2Pd. The molecule has 2 N–H and O–H groups in total. The maximum atomic E-state index is 9.00. The molecule has 0 saturated heterocycles. The van der Waals surface area contributed by atoms with Crippen LogP contribution in [-0.4, -0.2) is 22.2 Å². The van der Waals surface area contributed by atoms with E-state index in [-0.39, 0.29) is 20.4 Å². The van der Waals surface area contributed by atoms with Gasteiger partial charge in [0.15, 0.2) is 0 Å². The van der Waals surface area contributed by atoms with Gasteiger partial charge in [0.25, 0.3) is 11.9 Å². The van der Waals surface area contributed by atoms with E-state index >= 15 is 0 Å². The van der Waals surface area contributed by atoms with Crippen LogP contribution in [0.2, 0.25) is 0 Å². The van der Waals surface area contributed by atoms with Gasteiger partial charge >= 0.3 is 0 Å². The summed E-state index contributed by atoms with van der Waals surface area (Å²) in [4.78, 5) is 18.0. The minimum Gasteiger partial charge on any atom is -0.481 e. The van der Waals surface area contributed by atoms with E-state index in [2.05, 4.69) is 182 Å². The van der Waals surface area contributed by atoms with Crippen molar-refractivity contribution < 1.29 is 40.2 Å². The van der Waals surface area contributed by atoms with Crippen LogP contribution in [0.5, 0.6) is 0 Å². The summed E-state index contributed by atoms with van der Waals surface area (Å²) < 4.78 is 0. The van der Waals surface area contributed by atoms with Gasteiger partial charge in [-0.3, -0.25) is 9.59 Å². The molecule has 0 aliphatic heterocycles. The number of benzene rings is 6. The molecule has 6 aromatic rings. The predicted octanol–water partition coefficient (Wildman–Crippen LogP) is 7.07. The molecule has 47 heavy (non-hydrogen) atoms. The van der Waals surface area contributed by atoms with Gasteiger partial charge < -0.3 is 10.2 Å². The number of carbonyl (C=O) groups is 2. The smallest absolute Gasteiger partial charge is 0.300 e. The number of carboxylic acids is 2. The second-order valence-corrected chi connectivity index (χ2v) is 14.2. The van der Waals surface area contributed by atoms with Crippen molar-refractivity contribution in [3.63, 3.8) is 0 Å². The van der Waals surface area contributed by atoms with Gasteiger partial charge in [-0.2, -0.15) is 0 Å². The van der Waals surface area contributed by atoms with E-state index < -0.39 is 27.8 Å². The second-order valence-electron chi connectivity index (χ2n) is 9.72. The van der Waals surface area contributed by atoms with Gasteiger partial charge in [0.1, 0.15) is 0 Å². The molecule has 0 radical (unpaired) electrons. The zero-order valence-electron chi connectivity index (χ0n) is 26.2. The van der Waals surface area contributed by atoms with Gasteiger partial charge in [0, 0.05) is 34.3 Å². The second kappa shape index (κ2) is 22.3. The minimum atomic E-state index is -0.833. The molecule has 0 aliphatic rings. The Kier molecular flexibility index (Phi) is 18.5. The van der Waals surface area contributed by atoms with Crippen molar-refractivity contribution in [1.82, 2.24) is 0 Å². The molecule has 6 aromatic carbocycles. The van der Waals surface area contributed by atoms with Crippen molar-refractivity contribution in [2.24, 2.45) is 0 Å². The Bertz CT molecular complexity index is 1370. The number of carboxylic acid groups (broad SMARTS) is 2. The van der Waals surface area contributed by atoms with Crippen molar-refractivity contribution >= 4 is 59.6 Å². The van der Waals surface area contributed by atoms with E-state index in [4.69, 9.17) is 19.8 Å². The first-order valence-electron chi connectivity index (χ1n) is 14.7. The van der Waals surface area contributed by atoms with Crippen LogP contribution in [0.25, 0.3) is 0 Å². The van der Waals surface area contributed by atoms with Gasteiger partial charge in [-0.15, -0.1) is 0 Å². The van der Waals surface area contributed by atoms with Gasteiger partial charge in [-0.25, -0.2) is 0 Å². The van der Waals surface area contributed by atoms with E-state index in [0.717, 1.165) is 13.8 Å². The fraction of sp³-hybridized carbons (Fsp3) is 0.0500. The van der Waals surface area contributed by atoms with Crippen LogP contribution in [0, 0.1) is 0 Å².